The molecule has 0 radical (unpaired) electrons. The normalized spacial score (nSPS) is 20.0. The summed E-state index contributed by atoms with van der Waals surface area (Å²) in [5, 5.41) is 0.470. The topological polar surface area (TPSA) is 45.7 Å². The SMILES string of the molecule is O=C(c1ccc(OCc2ccc(Cl)nc2)cc1)N1CCCC1CN1CCCCC1. The third-order valence-corrected chi connectivity index (χ3v) is 6.07. The zero-order chi connectivity index (χ0) is 20.1. The van der Waals surface area contributed by atoms with Gasteiger partial charge in [-0.3, -0.25) is 4.79 Å². The second-order valence-electron chi connectivity index (χ2n) is 7.96. The van der Waals surface area contributed by atoms with Crippen molar-refractivity contribution < 1.29 is 9.53 Å². The van der Waals surface area contributed by atoms with Crippen LogP contribution in [0.2, 0.25) is 5.15 Å². The van der Waals surface area contributed by atoms with Crippen molar-refractivity contribution in [3.63, 3.8) is 0 Å². The number of carbonyl (C=O) groups excluding carboxylic acids is 1. The molecule has 5 nitrogen and oxygen atoms in total. The molecule has 0 aliphatic carbocycles. The van der Waals surface area contributed by atoms with Crippen molar-refractivity contribution in [3.05, 3.63) is 58.9 Å². The Kier molecular flexibility index (Phi) is 6.67. The van der Waals surface area contributed by atoms with Crippen LogP contribution in [0.4, 0.5) is 0 Å². The van der Waals surface area contributed by atoms with Gasteiger partial charge in [0, 0.05) is 36.5 Å². The highest BCUT2D eigenvalue weighted by Crippen LogP contribution is 2.23. The van der Waals surface area contributed by atoms with Crippen LogP contribution in [0.15, 0.2) is 42.6 Å². The van der Waals surface area contributed by atoms with E-state index in [1.165, 1.54) is 32.4 Å². The fraction of sp³-hybridized carbons (Fsp3) is 0.478. The Balaban J connectivity index is 1.33. The first-order chi connectivity index (χ1) is 14.2. The van der Waals surface area contributed by atoms with Crippen molar-refractivity contribution in [2.24, 2.45) is 0 Å². The summed E-state index contributed by atoms with van der Waals surface area (Å²) in [5.41, 5.74) is 1.68. The smallest absolute Gasteiger partial charge is 0.254 e. The maximum Gasteiger partial charge on any atom is 0.254 e. The fourth-order valence-electron chi connectivity index (χ4n) is 4.25. The quantitative estimate of drug-likeness (QED) is 0.658. The zero-order valence-corrected chi connectivity index (χ0v) is 17.5. The monoisotopic (exact) mass is 413 g/mol. The van der Waals surface area contributed by atoms with E-state index in [-0.39, 0.29) is 5.91 Å². The van der Waals surface area contributed by atoms with Gasteiger partial charge in [-0.05, 0) is 69.1 Å². The van der Waals surface area contributed by atoms with Crippen LogP contribution in [-0.2, 0) is 6.61 Å². The lowest BCUT2D eigenvalue weighted by molar-refractivity contribution is 0.0690. The molecule has 154 valence electrons. The van der Waals surface area contributed by atoms with Crippen LogP contribution in [-0.4, -0.2) is 52.9 Å². The van der Waals surface area contributed by atoms with Crippen LogP contribution in [0.3, 0.4) is 0 Å². The summed E-state index contributed by atoms with van der Waals surface area (Å²) in [4.78, 5) is 21.7. The first kappa shape index (κ1) is 20.2. The summed E-state index contributed by atoms with van der Waals surface area (Å²) >= 11 is 5.80. The van der Waals surface area contributed by atoms with E-state index in [0.29, 0.717) is 17.8 Å². The molecule has 0 spiro atoms. The average molecular weight is 414 g/mol. The maximum absolute atomic E-state index is 13.1. The van der Waals surface area contributed by atoms with E-state index in [1.807, 2.05) is 30.3 Å². The van der Waals surface area contributed by atoms with E-state index in [9.17, 15) is 4.79 Å². The lowest BCUT2D eigenvalue weighted by Gasteiger charge is -2.33. The van der Waals surface area contributed by atoms with Gasteiger partial charge in [-0.25, -0.2) is 4.98 Å². The Labute approximate surface area is 177 Å². The molecule has 0 saturated carbocycles. The van der Waals surface area contributed by atoms with Crippen molar-refractivity contribution in [2.45, 2.75) is 44.8 Å². The molecule has 1 unspecified atom stereocenters. The number of amides is 1. The van der Waals surface area contributed by atoms with Gasteiger partial charge in [0.1, 0.15) is 17.5 Å². The molecule has 6 heteroatoms. The molecule has 2 aliphatic heterocycles. The number of pyridine rings is 1. The van der Waals surface area contributed by atoms with E-state index in [2.05, 4.69) is 14.8 Å². The highest BCUT2D eigenvalue weighted by molar-refractivity contribution is 6.29. The Morgan fingerprint density at radius 3 is 2.55 bits per heavy atom. The highest BCUT2D eigenvalue weighted by atomic mass is 35.5. The fourth-order valence-corrected chi connectivity index (χ4v) is 4.36. The van der Waals surface area contributed by atoms with Crippen molar-refractivity contribution in [3.8, 4) is 5.75 Å². The van der Waals surface area contributed by atoms with Gasteiger partial charge < -0.3 is 14.5 Å². The number of likely N-dealkylation sites (tertiary alicyclic amines) is 2. The molecule has 3 heterocycles. The number of ether oxygens (including phenoxy) is 1. The molecule has 1 aromatic heterocycles. The summed E-state index contributed by atoms with van der Waals surface area (Å²) in [7, 11) is 0. The Morgan fingerprint density at radius 2 is 1.83 bits per heavy atom. The predicted molar refractivity (Wildman–Crippen MR) is 114 cm³/mol. The number of hydrogen-bond acceptors (Lipinski definition) is 4. The predicted octanol–water partition coefficient (Wildman–Crippen LogP) is 4.40. The summed E-state index contributed by atoms with van der Waals surface area (Å²) in [6, 6.07) is 11.5. The van der Waals surface area contributed by atoms with Gasteiger partial charge in [0.25, 0.3) is 5.91 Å². The van der Waals surface area contributed by atoms with Crippen LogP contribution in [0.1, 0.15) is 48.0 Å². The molecule has 1 aromatic carbocycles. The number of piperidine rings is 1. The number of hydrogen-bond donors (Lipinski definition) is 0. The third-order valence-electron chi connectivity index (χ3n) is 5.85. The number of halogens is 1. The molecule has 0 bridgehead atoms. The third kappa shape index (κ3) is 5.28. The second-order valence-corrected chi connectivity index (χ2v) is 8.35. The van der Waals surface area contributed by atoms with E-state index in [0.717, 1.165) is 42.8 Å². The molecule has 2 saturated heterocycles. The molecular formula is C23H28ClN3O2. The van der Waals surface area contributed by atoms with Gasteiger partial charge in [0.15, 0.2) is 0 Å². The van der Waals surface area contributed by atoms with Crippen LogP contribution in [0.5, 0.6) is 5.75 Å². The van der Waals surface area contributed by atoms with E-state index in [1.54, 1.807) is 12.3 Å². The summed E-state index contributed by atoms with van der Waals surface area (Å²) < 4.78 is 5.80. The molecular weight excluding hydrogens is 386 g/mol. The van der Waals surface area contributed by atoms with Gasteiger partial charge in [-0.15, -0.1) is 0 Å². The van der Waals surface area contributed by atoms with Crippen LogP contribution in [0, 0.1) is 0 Å². The van der Waals surface area contributed by atoms with Crippen LogP contribution < -0.4 is 4.74 Å². The standard InChI is InChI=1S/C23H28ClN3O2/c24-22-11-6-18(15-25-22)17-29-21-9-7-19(8-10-21)23(28)27-14-4-5-20(27)16-26-12-2-1-3-13-26/h6-11,15,20H,1-5,12-14,16-17H2. The average Bonchev–Trinajstić information content (AvgIpc) is 3.22. The summed E-state index contributed by atoms with van der Waals surface area (Å²) in [5.74, 6) is 0.876. The summed E-state index contributed by atoms with van der Waals surface area (Å²) in [6.07, 6.45) is 7.82. The van der Waals surface area contributed by atoms with Gasteiger partial charge in [-0.1, -0.05) is 24.1 Å². The number of nitrogens with zero attached hydrogens (tertiary/aromatic N) is 3. The zero-order valence-electron chi connectivity index (χ0n) is 16.7. The molecule has 1 atom stereocenters. The second kappa shape index (κ2) is 9.59. The van der Waals surface area contributed by atoms with E-state index in [4.69, 9.17) is 16.3 Å². The molecule has 1 amide bonds. The minimum absolute atomic E-state index is 0.137. The maximum atomic E-state index is 13.1. The molecule has 2 aromatic rings. The molecule has 0 N–H and O–H groups in total. The minimum Gasteiger partial charge on any atom is -0.489 e. The number of carbonyl (C=O) groups is 1. The lowest BCUT2D eigenvalue weighted by atomic mass is 10.1. The van der Waals surface area contributed by atoms with Crippen molar-refractivity contribution >= 4 is 17.5 Å². The van der Waals surface area contributed by atoms with Crippen molar-refractivity contribution in [2.75, 3.05) is 26.2 Å². The molecule has 29 heavy (non-hydrogen) atoms. The number of rotatable bonds is 6. The molecule has 2 aliphatic rings. The number of benzene rings is 1. The Hall–Kier alpha value is -2.11. The van der Waals surface area contributed by atoms with Gasteiger partial charge in [-0.2, -0.15) is 0 Å². The van der Waals surface area contributed by atoms with E-state index < -0.39 is 0 Å². The molecule has 2 fully saturated rings. The minimum atomic E-state index is 0.137. The highest BCUT2D eigenvalue weighted by Gasteiger charge is 2.31. The van der Waals surface area contributed by atoms with Crippen molar-refractivity contribution in [1.82, 2.24) is 14.8 Å². The first-order valence-electron chi connectivity index (χ1n) is 10.6. The van der Waals surface area contributed by atoms with Gasteiger partial charge in [0.05, 0.1) is 0 Å². The molecule has 4 rings (SSSR count). The van der Waals surface area contributed by atoms with Gasteiger partial charge in [0.2, 0.25) is 0 Å². The van der Waals surface area contributed by atoms with Gasteiger partial charge >= 0.3 is 0 Å². The Morgan fingerprint density at radius 1 is 1.03 bits per heavy atom. The Bertz CT molecular complexity index is 804. The van der Waals surface area contributed by atoms with Crippen molar-refractivity contribution in [1.29, 1.82) is 0 Å². The van der Waals surface area contributed by atoms with Crippen LogP contribution in [0.25, 0.3) is 0 Å². The van der Waals surface area contributed by atoms with Crippen LogP contribution >= 0.6 is 11.6 Å². The first-order valence-corrected chi connectivity index (χ1v) is 10.9. The summed E-state index contributed by atoms with van der Waals surface area (Å²) in [6.45, 7) is 4.64. The number of aromatic nitrogens is 1. The largest absolute Gasteiger partial charge is 0.489 e. The lowest BCUT2D eigenvalue weighted by Crippen LogP contribution is -2.44. The van der Waals surface area contributed by atoms with E-state index >= 15 is 0 Å².